The maximum atomic E-state index is 12.4. The van der Waals surface area contributed by atoms with E-state index in [0.717, 1.165) is 5.69 Å². The summed E-state index contributed by atoms with van der Waals surface area (Å²) in [6.45, 7) is 0. The van der Waals surface area contributed by atoms with Gasteiger partial charge in [0.25, 0.3) is 5.91 Å². The van der Waals surface area contributed by atoms with Gasteiger partial charge in [-0.25, -0.2) is 8.42 Å². The molecule has 1 heterocycles. The molecule has 1 atom stereocenters. The van der Waals surface area contributed by atoms with Crippen LogP contribution >= 0.6 is 0 Å². The summed E-state index contributed by atoms with van der Waals surface area (Å²) in [7, 11) is -3.03. The summed E-state index contributed by atoms with van der Waals surface area (Å²) in [5.41, 5.74) is 6.58. The average molecular weight is 387 g/mol. The largest absolute Gasteiger partial charge is 0.355 e. The zero-order chi connectivity index (χ0) is 19.3. The molecule has 1 saturated heterocycles. The maximum absolute atomic E-state index is 12.4. The van der Waals surface area contributed by atoms with E-state index in [1.54, 1.807) is 24.3 Å². The van der Waals surface area contributed by atoms with Crippen molar-refractivity contribution in [2.24, 2.45) is 5.92 Å². The number of hydrazine groups is 1. The van der Waals surface area contributed by atoms with Gasteiger partial charge in [0.15, 0.2) is 9.84 Å². The molecule has 1 aliphatic rings. The number of sulfone groups is 1. The van der Waals surface area contributed by atoms with Crippen LogP contribution in [0, 0.1) is 5.92 Å². The molecule has 3 rings (SSSR count). The first kappa shape index (κ1) is 18.9. The van der Waals surface area contributed by atoms with Crippen molar-refractivity contribution in [3.8, 4) is 0 Å². The summed E-state index contributed by atoms with van der Waals surface area (Å²) in [6.07, 6.45) is 0.553. The molecule has 0 bridgehead atoms. The predicted molar refractivity (Wildman–Crippen MR) is 103 cm³/mol. The van der Waals surface area contributed by atoms with Crippen LogP contribution in [0.5, 0.6) is 0 Å². The van der Waals surface area contributed by atoms with Gasteiger partial charge < -0.3 is 5.32 Å². The number of hydrogen-bond donors (Lipinski definition) is 3. The third kappa shape index (κ3) is 5.30. The van der Waals surface area contributed by atoms with Gasteiger partial charge in [-0.05, 0) is 36.6 Å². The molecule has 0 radical (unpaired) electrons. The van der Waals surface area contributed by atoms with Gasteiger partial charge in [0.2, 0.25) is 5.91 Å². The van der Waals surface area contributed by atoms with Gasteiger partial charge in [-0.2, -0.15) is 0 Å². The molecule has 0 spiro atoms. The molecule has 0 aliphatic carbocycles. The van der Waals surface area contributed by atoms with Crippen LogP contribution in [-0.2, 0) is 14.6 Å². The first-order chi connectivity index (χ1) is 12.9. The molecule has 27 heavy (non-hydrogen) atoms. The SMILES string of the molecule is O=C(C[C@H]1CCS(=O)(=O)C1)NNC(=O)c1ccccc1Nc1ccccc1. The van der Waals surface area contributed by atoms with Crippen molar-refractivity contribution in [2.45, 2.75) is 12.8 Å². The van der Waals surface area contributed by atoms with E-state index >= 15 is 0 Å². The number of carbonyl (C=O) groups excluding carboxylic acids is 2. The van der Waals surface area contributed by atoms with Crippen molar-refractivity contribution in [2.75, 3.05) is 16.8 Å². The second-order valence-corrected chi connectivity index (χ2v) is 8.74. The number of carbonyl (C=O) groups is 2. The van der Waals surface area contributed by atoms with Gasteiger partial charge in [-0.3, -0.25) is 20.4 Å². The summed E-state index contributed by atoms with van der Waals surface area (Å²) >= 11 is 0. The van der Waals surface area contributed by atoms with Gasteiger partial charge in [-0.1, -0.05) is 30.3 Å². The Labute approximate surface area is 158 Å². The first-order valence-corrected chi connectivity index (χ1v) is 10.5. The normalized spacial score (nSPS) is 17.9. The van der Waals surface area contributed by atoms with E-state index < -0.39 is 21.7 Å². The minimum Gasteiger partial charge on any atom is -0.355 e. The molecule has 0 saturated carbocycles. The lowest BCUT2D eigenvalue weighted by atomic mass is 10.1. The van der Waals surface area contributed by atoms with Crippen LogP contribution in [0.15, 0.2) is 54.6 Å². The molecule has 8 heteroatoms. The molecule has 3 N–H and O–H groups in total. The molecule has 0 aromatic heterocycles. The lowest BCUT2D eigenvalue weighted by molar-refractivity contribution is -0.122. The fraction of sp³-hybridized carbons (Fsp3) is 0.263. The Morgan fingerprint density at radius 2 is 1.67 bits per heavy atom. The highest BCUT2D eigenvalue weighted by atomic mass is 32.2. The van der Waals surface area contributed by atoms with Gasteiger partial charge in [0.1, 0.15) is 0 Å². The monoisotopic (exact) mass is 387 g/mol. The van der Waals surface area contributed by atoms with Crippen LogP contribution in [0.2, 0.25) is 0 Å². The standard InChI is InChI=1S/C19H21N3O4S/c23-18(12-14-10-11-27(25,26)13-14)21-22-19(24)16-8-4-5-9-17(16)20-15-6-2-1-3-7-15/h1-9,14,20H,10-13H2,(H,21,23)(H,22,24)/t14-/m1/s1. The maximum Gasteiger partial charge on any atom is 0.271 e. The van der Waals surface area contributed by atoms with Crippen molar-refractivity contribution in [1.29, 1.82) is 0 Å². The smallest absolute Gasteiger partial charge is 0.271 e. The van der Waals surface area contributed by atoms with Crippen molar-refractivity contribution in [1.82, 2.24) is 10.9 Å². The molecule has 2 aromatic rings. The van der Waals surface area contributed by atoms with E-state index in [4.69, 9.17) is 0 Å². The highest BCUT2D eigenvalue weighted by molar-refractivity contribution is 7.91. The lowest BCUT2D eigenvalue weighted by Gasteiger charge is -2.13. The number of hydrogen-bond acceptors (Lipinski definition) is 5. The Balaban J connectivity index is 1.57. The van der Waals surface area contributed by atoms with E-state index in [0.29, 0.717) is 17.7 Å². The molecular weight excluding hydrogens is 366 g/mol. The van der Waals surface area contributed by atoms with Crippen LogP contribution < -0.4 is 16.2 Å². The quantitative estimate of drug-likeness (QED) is 0.681. The average Bonchev–Trinajstić information content (AvgIpc) is 2.99. The molecule has 2 amide bonds. The van der Waals surface area contributed by atoms with Gasteiger partial charge in [0.05, 0.1) is 22.8 Å². The molecular formula is C19H21N3O4S. The van der Waals surface area contributed by atoms with Crippen molar-refractivity contribution >= 4 is 33.0 Å². The minimum atomic E-state index is -3.03. The Morgan fingerprint density at radius 3 is 2.37 bits per heavy atom. The highest BCUT2D eigenvalue weighted by Gasteiger charge is 2.29. The Bertz CT molecular complexity index is 929. The van der Waals surface area contributed by atoms with Gasteiger partial charge in [-0.15, -0.1) is 0 Å². The van der Waals surface area contributed by atoms with E-state index in [-0.39, 0.29) is 23.8 Å². The van der Waals surface area contributed by atoms with E-state index in [1.807, 2.05) is 30.3 Å². The summed E-state index contributed by atoms with van der Waals surface area (Å²) < 4.78 is 22.9. The molecule has 142 valence electrons. The molecule has 1 aliphatic heterocycles. The molecule has 0 unspecified atom stereocenters. The van der Waals surface area contributed by atoms with Gasteiger partial charge in [0, 0.05) is 12.1 Å². The third-order valence-electron chi connectivity index (χ3n) is 4.34. The second kappa shape index (κ2) is 8.22. The zero-order valence-corrected chi connectivity index (χ0v) is 15.5. The first-order valence-electron chi connectivity index (χ1n) is 8.64. The van der Waals surface area contributed by atoms with Crippen molar-refractivity contribution in [3.05, 3.63) is 60.2 Å². The lowest BCUT2D eigenvalue weighted by Crippen LogP contribution is -2.42. The molecule has 7 nitrogen and oxygen atoms in total. The number of anilines is 2. The number of para-hydroxylation sites is 2. The molecule has 1 fully saturated rings. The number of rotatable bonds is 5. The van der Waals surface area contributed by atoms with Crippen LogP contribution in [0.4, 0.5) is 11.4 Å². The topological polar surface area (TPSA) is 104 Å². The van der Waals surface area contributed by atoms with E-state index in [1.165, 1.54) is 0 Å². The zero-order valence-electron chi connectivity index (χ0n) is 14.6. The van der Waals surface area contributed by atoms with Crippen LogP contribution in [-0.4, -0.2) is 31.7 Å². The van der Waals surface area contributed by atoms with E-state index in [2.05, 4.69) is 16.2 Å². The number of amides is 2. The van der Waals surface area contributed by atoms with Crippen LogP contribution in [0.3, 0.4) is 0 Å². The Kier molecular flexibility index (Phi) is 5.75. The second-order valence-electron chi connectivity index (χ2n) is 6.51. The fourth-order valence-corrected chi connectivity index (χ4v) is 4.87. The molecule has 2 aromatic carbocycles. The number of nitrogens with one attached hydrogen (secondary N) is 3. The van der Waals surface area contributed by atoms with Gasteiger partial charge >= 0.3 is 0 Å². The van der Waals surface area contributed by atoms with E-state index in [9.17, 15) is 18.0 Å². The Morgan fingerprint density at radius 1 is 0.963 bits per heavy atom. The van der Waals surface area contributed by atoms with Crippen molar-refractivity contribution < 1.29 is 18.0 Å². The Hall–Kier alpha value is -2.87. The summed E-state index contributed by atoms with van der Waals surface area (Å²) in [4.78, 5) is 24.4. The van der Waals surface area contributed by atoms with Crippen LogP contribution in [0.1, 0.15) is 23.2 Å². The van der Waals surface area contributed by atoms with Crippen molar-refractivity contribution in [3.63, 3.8) is 0 Å². The number of benzene rings is 2. The van der Waals surface area contributed by atoms with Crippen LogP contribution in [0.25, 0.3) is 0 Å². The summed E-state index contributed by atoms with van der Waals surface area (Å²) in [5, 5.41) is 3.17. The highest BCUT2D eigenvalue weighted by Crippen LogP contribution is 2.22. The third-order valence-corrected chi connectivity index (χ3v) is 6.18. The fourth-order valence-electron chi connectivity index (χ4n) is 3.01. The summed E-state index contributed by atoms with van der Waals surface area (Å²) in [6, 6.07) is 16.4. The minimum absolute atomic E-state index is 0.0260. The predicted octanol–water partition coefficient (Wildman–Crippen LogP) is 2.02. The summed E-state index contributed by atoms with van der Waals surface area (Å²) in [5.74, 6) is -0.909.